The van der Waals surface area contributed by atoms with Gasteiger partial charge in [-0.25, -0.2) is 4.39 Å². The second kappa shape index (κ2) is 5.77. The minimum absolute atomic E-state index is 0.0509. The molecule has 3 nitrogen and oxygen atoms in total. The van der Waals surface area contributed by atoms with Gasteiger partial charge < -0.3 is 5.11 Å². The van der Waals surface area contributed by atoms with E-state index in [1.807, 2.05) is 25.8 Å². The predicted molar refractivity (Wildman–Crippen MR) is 64.3 cm³/mol. The van der Waals surface area contributed by atoms with Crippen LogP contribution in [0.5, 0.6) is 0 Å². The maximum atomic E-state index is 13.6. The standard InChI is InChI=1S/C13H18FNO2/c1-9(8-13(16)17)15(3)10(2)11-6-4-5-7-12(11)14/h4-7,9-10H,8H2,1-3H3,(H,16,17). The summed E-state index contributed by atoms with van der Waals surface area (Å²) >= 11 is 0. The van der Waals surface area contributed by atoms with E-state index in [2.05, 4.69) is 0 Å². The lowest BCUT2D eigenvalue weighted by molar-refractivity contribution is -0.138. The van der Waals surface area contributed by atoms with E-state index in [9.17, 15) is 9.18 Å². The number of halogens is 1. The summed E-state index contributed by atoms with van der Waals surface area (Å²) in [6, 6.07) is 6.29. The van der Waals surface area contributed by atoms with Crippen molar-refractivity contribution in [2.45, 2.75) is 32.4 Å². The van der Waals surface area contributed by atoms with Crippen LogP contribution in [0.25, 0.3) is 0 Å². The van der Waals surface area contributed by atoms with Crippen LogP contribution in [-0.2, 0) is 4.79 Å². The molecular weight excluding hydrogens is 221 g/mol. The number of benzene rings is 1. The van der Waals surface area contributed by atoms with Crippen LogP contribution in [0, 0.1) is 5.82 Å². The van der Waals surface area contributed by atoms with Crippen LogP contribution in [0.4, 0.5) is 4.39 Å². The van der Waals surface area contributed by atoms with E-state index in [-0.39, 0.29) is 24.3 Å². The molecule has 1 N–H and O–H groups in total. The highest BCUT2D eigenvalue weighted by molar-refractivity contribution is 5.67. The molecule has 2 unspecified atom stereocenters. The number of aliphatic carboxylic acids is 1. The third-order valence-electron chi connectivity index (χ3n) is 3.13. The van der Waals surface area contributed by atoms with Crippen LogP contribution in [0.15, 0.2) is 24.3 Å². The molecule has 0 aromatic heterocycles. The van der Waals surface area contributed by atoms with E-state index in [0.29, 0.717) is 5.56 Å². The van der Waals surface area contributed by atoms with Crippen LogP contribution in [0.2, 0.25) is 0 Å². The average Bonchev–Trinajstić information content (AvgIpc) is 2.27. The monoisotopic (exact) mass is 239 g/mol. The Labute approximate surface area is 101 Å². The molecule has 0 fully saturated rings. The van der Waals surface area contributed by atoms with E-state index in [1.54, 1.807) is 18.2 Å². The molecule has 17 heavy (non-hydrogen) atoms. The molecule has 0 radical (unpaired) electrons. The molecule has 0 saturated carbocycles. The fraction of sp³-hybridized carbons (Fsp3) is 0.462. The van der Waals surface area contributed by atoms with E-state index in [4.69, 9.17) is 5.11 Å². The molecule has 1 rings (SSSR count). The summed E-state index contributed by atoms with van der Waals surface area (Å²) in [5, 5.41) is 8.74. The molecule has 4 heteroatoms. The summed E-state index contributed by atoms with van der Waals surface area (Å²) in [4.78, 5) is 12.5. The van der Waals surface area contributed by atoms with Gasteiger partial charge in [-0.05, 0) is 27.0 Å². The highest BCUT2D eigenvalue weighted by atomic mass is 19.1. The summed E-state index contributed by atoms with van der Waals surface area (Å²) in [6.07, 6.45) is 0.0509. The molecule has 0 amide bonds. The van der Waals surface area contributed by atoms with Gasteiger partial charge in [0.15, 0.2) is 0 Å². The molecule has 0 heterocycles. The SMILES string of the molecule is CC(CC(=O)O)N(C)C(C)c1ccccc1F. The van der Waals surface area contributed by atoms with Crippen LogP contribution >= 0.6 is 0 Å². The molecule has 1 aromatic carbocycles. The van der Waals surface area contributed by atoms with Gasteiger partial charge >= 0.3 is 5.97 Å². The Morgan fingerprint density at radius 2 is 2.00 bits per heavy atom. The van der Waals surface area contributed by atoms with Crippen LogP contribution in [0.3, 0.4) is 0 Å². The van der Waals surface area contributed by atoms with Crippen LogP contribution in [0.1, 0.15) is 31.9 Å². The van der Waals surface area contributed by atoms with E-state index < -0.39 is 5.97 Å². The lowest BCUT2D eigenvalue weighted by atomic mass is 10.0. The van der Waals surface area contributed by atoms with Gasteiger partial charge in [0.2, 0.25) is 0 Å². The minimum atomic E-state index is -0.843. The first-order chi connectivity index (χ1) is 7.93. The summed E-state index contributed by atoms with van der Waals surface area (Å²) in [6.45, 7) is 3.70. The maximum Gasteiger partial charge on any atom is 0.304 e. The van der Waals surface area contributed by atoms with Gasteiger partial charge in [0.05, 0.1) is 6.42 Å². The van der Waals surface area contributed by atoms with Gasteiger partial charge in [-0.3, -0.25) is 9.69 Å². The number of hydrogen-bond acceptors (Lipinski definition) is 2. The van der Waals surface area contributed by atoms with Crippen molar-refractivity contribution in [2.75, 3.05) is 7.05 Å². The quantitative estimate of drug-likeness (QED) is 0.858. The number of carbonyl (C=O) groups is 1. The zero-order valence-electron chi connectivity index (χ0n) is 10.4. The van der Waals surface area contributed by atoms with E-state index in [1.165, 1.54) is 6.07 Å². The summed E-state index contributed by atoms with van der Waals surface area (Å²) < 4.78 is 13.6. The third-order valence-corrected chi connectivity index (χ3v) is 3.13. The highest BCUT2D eigenvalue weighted by Crippen LogP contribution is 2.23. The molecule has 1 aromatic rings. The summed E-state index contributed by atoms with van der Waals surface area (Å²) in [5.74, 6) is -1.10. The van der Waals surface area contributed by atoms with Crippen molar-refractivity contribution >= 4 is 5.97 Å². The van der Waals surface area contributed by atoms with Crippen molar-refractivity contribution in [3.63, 3.8) is 0 Å². The molecular formula is C13H18FNO2. The first-order valence-corrected chi connectivity index (χ1v) is 5.61. The molecule has 0 aliphatic heterocycles. The van der Waals surface area contributed by atoms with Gasteiger partial charge in [0, 0.05) is 17.6 Å². The smallest absolute Gasteiger partial charge is 0.304 e. The first kappa shape index (κ1) is 13.6. The van der Waals surface area contributed by atoms with Crippen LogP contribution in [-0.4, -0.2) is 29.1 Å². The van der Waals surface area contributed by atoms with Gasteiger partial charge in [-0.15, -0.1) is 0 Å². The van der Waals surface area contributed by atoms with Gasteiger partial charge in [-0.2, -0.15) is 0 Å². The number of carboxylic acids is 1. The zero-order chi connectivity index (χ0) is 13.0. The van der Waals surface area contributed by atoms with E-state index >= 15 is 0 Å². The molecule has 0 aliphatic carbocycles. The Morgan fingerprint density at radius 3 is 2.53 bits per heavy atom. The topological polar surface area (TPSA) is 40.5 Å². The first-order valence-electron chi connectivity index (χ1n) is 5.61. The normalized spacial score (nSPS) is 14.6. The fourth-order valence-corrected chi connectivity index (χ4v) is 1.81. The number of hydrogen-bond donors (Lipinski definition) is 1. The highest BCUT2D eigenvalue weighted by Gasteiger charge is 2.21. The maximum absolute atomic E-state index is 13.6. The van der Waals surface area contributed by atoms with Crippen LogP contribution < -0.4 is 0 Å². The fourth-order valence-electron chi connectivity index (χ4n) is 1.81. The van der Waals surface area contributed by atoms with Crippen molar-refractivity contribution in [1.82, 2.24) is 4.90 Å². The molecule has 0 aliphatic rings. The summed E-state index contributed by atoms with van der Waals surface area (Å²) in [7, 11) is 1.81. The Balaban J connectivity index is 2.79. The Morgan fingerprint density at radius 1 is 1.41 bits per heavy atom. The number of carboxylic acid groups (broad SMARTS) is 1. The third kappa shape index (κ3) is 3.53. The Kier molecular flexibility index (Phi) is 4.63. The van der Waals surface area contributed by atoms with Crippen molar-refractivity contribution in [3.05, 3.63) is 35.6 Å². The van der Waals surface area contributed by atoms with Crippen molar-refractivity contribution in [1.29, 1.82) is 0 Å². The largest absolute Gasteiger partial charge is 0.481 e. The minimum Gasteiger partial charge on any atom is -0.481 e. The number of rotatable bonds is 5. The molecule has 0 spiro atoms. The lowest BCUT2D eigenvalue weighted by Crippen LogP contribution is -2.33. The van der Waals surface area contributed by atoms with Gasteiger partial charge in [0.25, 0.3) is 0 Å². The van der Waals surface area contributed by atoms with E-state index in [0.717, 1.165) is 0 Å². The lowest BCUT2D eigenvalue weighted by Gasteiger charge is -2.30. The zero-order valence-corrected chi connectivity index (χ0v) is 10.4. The van der Waals surface area contributed by atoms with Crippen molar-refractivity contribution in [3.8, 4) is 0 Å². The van der Waals surface area contributed by atoms with Crippen molar-refractivity contribution < 1.29 is 14.3 Å². The Hall–Kier alpha value is -1.42. The molecule has 0 bridgehead atoms. The van der Waals surface area contributed by atoms with Gasteiger partial charge in [0.1, 0.15) is 5.82 Å². The molecule has 0 saturated heterocycles. The summed E-state index contributed by atoms with van der Waals surface area (Å²) in [5.41, 5.74) is 0.590. The Bertz CT molecular complexity index is 395. The molecule has 94 valence electrons. The van der Waals surface area contributed by atoms with Crippen molar-refractivity contribution in [2.24, 2.45) is 0 Å². The predicted octanol–water partition coefficient (Wildman–Crippen LogP) is 2.68. The second-order valence-electron chi connectivity index (χ2n) is 4.31. The second-order valence-corrected chi connectivity index (χ2v) is 4.31. The molecule has 2 atom stereocenters. The van der Waals surface area contributed by atoms with Gasteiger partial charge in [-0.1, -0.05) is 18.2 Å². The number of nitrogens with zero attached hydrogens (tertiary/aromatic N) is 1. The average molecular weight is 239 g/mol.